The van der Waals surface area contributed by atoms with Crippen LogP contribution in [0.15, 0.2) is 0 Å². The first kappa shape index (κ1) is 19.8. The molecule has 0 saturated carbocycles. The van der Waals surface area contributed by atoms with E-state index in [0.29, 0.717) is 37.2 Å². The van der Waals surface area contributed by atoms with Crippen LogP contribution < -0.4 is 11.1 Å². The van der Waals surface area contributed by atoms with Gasteiger partial charge in [-0.25, -0.2) is 0 Å². The van der Waals surface area contributed by atoms with Crippen LogP contribution in [0.1, 0.15) is 37.6 Å². The highest BCUT2D eigenvalue weighted by Gasteiger charge is 2.09. The fraction of sp³-hybridized carbons (Fsp3) is 0.667. The molecule has 1 aromatic heterocycles. The number of esters is 1. The average Bonchev–Trinajstić information content (AvgIpc) is 2.83. The van der Waals surface area contributed by atoms with E-state index in [1.54, 1.807) is 0 Å². The Balaban J connectivity index is 0.00000400. The second kappa shape index (κ2) is 10.5. The molecule has 1 amide bonds. The molecule has 120 valence electrons. The molecule has 0 aliphatic rings. The van der Waals surface area contributed by atoms with Crippen LogP contribution in [0.25, 0.3) is 0 Å². The molecule has 0 fully saturated rings. The molecule has 3 N–H and O–H groups in total. The number of rotatable bonds is 8. The van der Waals surface area contributed by atoms with E-state index in [0.717, 1.165) is 5.01 Å². The first-order valence-electron chi connectivity index (χ1n) is 6.46. The molecule has 1 heterocycles. The van der Waals surface area contributed by atoms with E-state index in [2.05, 4.69) is 20.3 Å². The first-order chi connectivity index (χ1) is 9.51. The zero-order chi connectivity index (χ0) is 15.0. The highest BCUT2D eigenvalue weighted by molar-refractivity contribution is 7.15. The standard InChI is InChI=1S/C12H20N4O3S.ClH/c1-8(13)6-7-9(17)14-12-16-15-10(20-12)4-3-5-11(18)19-2;/h8H,3-7,13H2,1-2H3,(H,14,16,17);1H. The number of carbonyl (C=O) groups excluding carboxylic acids is 2. The molecule has 0 radical (unpaired) electrons. The predicted molar refractivity (Wildman–Crippen MR) is 83.6 cm³/mol. The molecular weight excluding hydrogens is 316 g/mol. The summed E-state index contributed by atoms with van der Waals surface area (Å²) >= 11 is 1.32. The Labute approximate surface area is 134 Å². The Morgan fingerprint density at radius 3 is 2.71 bits per heavy atom. The summed E-state index contributed by atoms with van der Waals surface area (Å²) in [5.74, 6) is -0.349. The summed E-state index contributed by atoms with van der Waals surface area (Å²) in [7, 11) is 1.36. The van der Waals surface area contributed by atoms with E-state index >= 15 is 0 Å². The molecule has 1 aromatic rings. The lowest BCUT2D eigenvalue weighted by atomic mass is 10.2. The van der Waals surface area contributed by atoms with Crippen LogP contribution in [0.5, 0.6) is 0 Å². The van der Waals surface area contributed by atoms with Gasteiger partial charge in [-0.05, 0) is 19.8 Å². The number of hydrogen-bond donors (Lipinski definition) is 2. The molecule has 9 heteroatoms. The predicted octanol–water partition coefficient (Wildman–Crippen LogP) is 1.52. The van der Waals surface area contributed by atoms with Gasteiger partial charge in [0.2, 0.25) is 11.0 Å². The highest BCUT2D eigenvalue weighted by Crippen LogP contribution is 2.17. The van der Waals surface area contributed by atoms with Crippen LogP contribution >= 0.6 is 23.7 Å². The maximum atomic E-state index is 11.6. The fourth-order valence-corrected chi connectivity index (χ4v) is 2.23. The van der Waals surface area contributed by atoms with E-state index in [1.807, 2.05) is 6.92 Å². The Morgan fingerprint density at radius 1 is 1.38 bits per heavy atom. The number of nitrogens with two attached hydrogens (primary N) is 1. The number of nitrogens with one attached hydrogen (secondary N) is 1. The summed E-state index contributed by atoms with van der Waals surface area (Å²) in [6.07, 6.45) is 2.65. The summed E-state index contributed by atoms with van der Waals surface area (Å²) in [5, 5.41) is 11.8. The minimum atomic E-state index is -0.237. The quantitative estimate of drug-likeness (QED) is 0.697. The molecule has 1 unspecified atom stereocenters. The van der Waals surface area contributed by atoms with Crippen LogP contribution in [-0.4, -0.2) is 35.2 Å². The number of methoxy groups -OCH3 is 1. The minimum absolute atomic E-state index is 0. The van der Waals surface area contributed by atoms with Crippen molar-refractivity contribution >= 4 is 40.8 Å². The molecule has 0 bridgehead atoms. The molecule has 0 aliphatic carbocycles. The largest absolute Gasteiger partial charge is 0.469 e. The van der Waals surface area contributed by atoms with Crippen molar-refractivity contribution in [3.05, 3.63) is 5.01 Å². The van der Waals surface area contributed by atoms with E-state index < -0.39 is 0 Å². The molecule has 0 aliphatic heterocycles. The van der Waals surface area contributed by atoms with Crippen LogP contribution in [0.2, 0.25) is 0 Å². The van der Waals surface area contributed by atoms with Gasteiger partial charge >= 0.3 is 5.97 Å². The molecule has 0 aromatic carbocycles. The van der Waals surface area contributed by atoms with Gasteiger partial charge in [0.1, 0.15) is 5.01 Å². The van der Waals surface area contributed by atoms with Crippen molar-refractivity contribution in [2.75, 3.05) is 12.4 Å². The van der Waals surface area contributed by atoms with Crippen molar-refractivity contribution in [1.82, 2.24) is 10.2 Å². The number of ether oxygens (including phenoxy) is 1. The first-order valence-corrected chi connectivity index (χ1v) is 7.27. The van der Waals surface area contributed by atoms with Gasteiger partial charge in [-0.1, -0.05) is 11.3 Å². The van der Waals surface area contributed by atoms with Crippen LogP contribution in [-0.2, 0) is 20.7 Å². The minimum Gasteiger partial charge on any atom is -0.469 e. The van der Waals surface area contributed by atoms with Gasteiger partial charge in [-0.3, -0.25) is 9.59 Å². The maximum absolute atomic E-state index is 11.6. The maximum Gasteiger partial charge on any atom is 0.305 e. The molecule has 1 atom stereocenters. The van der Waals surface area contributed by atoms with E-state index in [9.17, 15) is 9.59 Å². The third-order valence-corrected chi connectivity index (χ3v) is 3.44. The van der Waals surface area contributed by atoms with Crippen molar-refractivity contribution in [2.45, 2.75) is 45.1 Å². The summed E-state index contributed by atoms with van der Waals surface area (Å²) in [6.45, 7) is 1.86. The topological polar surface area (TPSA) is 107 Å². The molecule has 0 saturated heterocycles. The monoisotopic (exact) mass is 336 g/mol. The zero-order valence-electron chi connectivity index (χ0n) is 12.1. The molecule has 0 spiro atoms. The number of carbonyl (C=O) groups is 2. The van der Waals surface area contributed by atoms with Crippen molar-refractivity contribution < 1.29 is 14.3 Å². The highest BCUT2D eigenvalue weighted by atomic mass is 35.5. The second-order valence-corrected chi connectivity index (χ2v) is 5.56. The van der Waals surface area contributed by atoms with E-state index in [4.69, 9.17) is 5.73 Å². The molecule has 1 rings (SSSR count). The summed E-state index contributed by atoms with van der Waals surface area (Å²) in [4.78, 5) is 22.5. The van der Waals surface area contributed by atoms with Crippen molar-refractivity contribution in [3.63, 3.8) is 0 Å². The van der Waals surface area contributed by atoms with Gasteiger partial charge in [0.05, 0.1) is 7.11 Å². The van der Waals surface area contributed by atoms with Crippen LogP contribution in [0.4, 0.5) is 5.13 Å². The second-order valence-electron chi connectivity index (χ2n) is 4.49. The summed E-state index contributed by atoms with van der Waals surface area (Å²) in [5.41, 5.74) is 5.59. The summed E-state index contributed by atoms with van der Waals surface area (Å²) in [6, 6.07) is 0.00375. The smallest absolute Gasteiger partial charge is 0.305 e. The Hall–Kier alpha value is -1.25. The number of nitrogens with zero attached hydrogens (tertiary/aromatic N) is 2. The van der Waals surface area contributed by atoms with Gasteiger partial charge in [0.25, 0.3) is 0 Å². The SMILES string of the molecule is COC(=O)CCCc1nnc(NC(=O)CCC(C)N)s1.Cl. The lowest BCUT2D eigenvalue weighted by Gasteiger charge is -2.03. The van der Waals surface area contributed by atoms with Gasteiger partial charge in [-0.15, -0.1) is 22.6 Å². The molecule has 21 heavy (non-hydrogen) atoms. The van der Waals surface area contributed by atoms with Gasteiger partial charge in [0.15, 0.2) is 0 Å². The number of aryl methyl sites for hydroxylation is 1. The zero-order valence-corrected chi connectivity index (χ0v) is 13.8. The molecule has 7 nitrogen and oxygen atoms in total. The third-order valence-electron chi connectivity index (χ3n) is 2.54. The van der Waals surface area contributed by atoms with Gasteiger partial charge < -0.3 is 15.8 Å². The van der Waals surface area contributed by atoms with Crippen molar-refractivity contribution in [3.8, 4) is 0 Å². The van der Waals surface area contributed by atoms with Crippen LogP contribution in [0, 0.1) is 0 Å². The summed E-state index contributed by atoms with van der Waals surface area (Å²) < 4.78 is 4.55. The molecular formula is C12H21ClN4O3S. The Kier molecular flexibility index (Phi) is 9.85. The lowest BCUT2D eigenvalue weighted by molar-refractivity contribution is -0.140. The number of halogens is 1. The number of hydrogen-bond acceptors (Lipinski definition) is 7. The van der Waals surface area contributed by atoms with Crippen molar-refractivity contribution in [2.24, 2.45) is 5.73 Å². The fourth-order valence-electron chi connectivity index (χ4n) is 1.43. The normalized spacial score (nSPS) is 11.4. The number of amides is 1. The van der Waals surface area contributed by atoms with E-state index in [1.165, 1.54) is 18.4 Å². The third kappa shape index (κ3) is 8.59. The number of aromatic nitrogens is 2. The van der Waals surface area contributed by atoms with Crippen molar-refractivity contribution in [1.29, 1.82) is 0 Å². The average molecular weight is 337 g/mol. The van der Waals surface area contributed by atoms with Gasteiger partial charge in [-0.2, -0.15) is 0 Å². The Bertz CT molecular complexity index is 453. The van der Waals surface area contributed by atoms with Crippen LogP contribution in [0.3, 0.4) is 0 Å². The Morgan fingerprint density at radius 2 is 2.10 bits per heavy atom. The number of anilines is 1. The lowest BCUT2D eigenvalue weighted by Crippen LogP contribution is -2.19. The van der Waals surface area contributed by atoms with Gasteiger partial charge in [0, 0.05) is 25.3 Å². The van der Waals surface area contributed by atoms with E-state index in [-0.39, 0.29) is 30.3 Å².